The maximum absolute atomic E-state index is 11.9. The van der Waals surface area contributed by atoms with Gasteiger partial charge < -0.3 is 14.7 Å². The van der Waals surface area contributed by atoms with Gasteiger partial charge in [-0.2, -0.15) is 0 Å². The fourth-order valence-corrected chi connectivity index (χ4v) is 2.40. The maximum atomic E-state index is 11.9. The molecule has 0 aliphatic heterocycles. The highest BCUT2D eigenvalue weighted by molar-refractivity contribution is 6.01. The van der Waals surface area contributed by atoms with Crippen molar-refractivity contribution in [3.63, 3.8) is 0 Å². The molecule has 0 radical (unpaired) electrons. The van der Waals surface area contributed by atoms with Crippen LogP contribution >= 0.6 is 0 Å². The number of ether oxygens (including phenoxy) is 1. The van der Waals surface area contributed by atoms with Crippen LogP contribution in [0.5, 0.6) is 5.75 Å². The van der Waals surface area contributed by atoms with Crippen molar-refractivity contribution in [2.24, 2.45) is 0 Å². The van der Waals surface area contributed by atoms with Crippen molar-refractivity contribution in [2.45, 2.75) is 19.8 Å². The van der Waals surface area contributed by atoms with E-state index < -0.39 is 5.97 Å². The number of pyridine rings is 1. The first-order chi connectivity index (χ1) is 10.8. The van der Waals surface area contributed by atoms with Gasteiger partial charge in [-0.1, -0.05) is 26.0 Å². The third-order valence-electron chi connectivity index (χ3n) is 3.63. The molecule has 0 spiro atoms. The van der Waals surface area contributed by atoms with Crippen LogP contribution in [0.25, 0.3) is 11.1 Å². The Bertz CT molecular complexity index is 724. The quantitative estimate of drug-likeness (QED) is 0.913. The number of carboxylic acid groups (broad SMARTS) is 1. The molecule has 2 aromatic rings. The van der Waals surface area contributed by atoms with Crippen LogP contribution in [0.4, 0.5) is 5.82 Å². The Morgan fingerprint density at radius 2 is 1.96 bits per heavy atom. The van der Waals surface area contributed by atoms with Crippen molar-refractivity contribution >= 4 is 11.8 Å². The molecule has 5 heteroatoms. The summed E-state index contributed by atoms with van der Waals surface area (Å²) >= 11 is 0. The number of carbonyl (C=O) groups is 1. The van der Waals surface area contributed by atoms with Gasteiger partial charge in [0.2, 0.25) is 0 Å². The van der Waals surface area contributed by atoms with Gasteiger partial charge in [0.25, 0.3) is 0 Å². The Hall–Kier alpha value is -2.56. The number of methoxy groups -OCH3 is 1. The van der Waals surface area contributed by atoms with Crippen molar-refractivity contribution in [3.05, 3.63) is 41.6 Å². The van der Waals surface area contributed by atoms with Gasteiger partial charge in [0.15, 0.2) is 0 Å². The molecule has 0 saturated carbocycles. The van der Waals surface area contributed by atoms with E-state index in [0.717, 1.165) is 11.3 Å². The topological polar surface area (TPSA) is 62.7 Å². The van der Waals surface area contributed by atoms with Crippen LogP contribution in [0, 0.1) is 0 Å². The molecule has 0 atom stereocenters. The molecule has 0 aliphatic rings. The summed E-state index contributed by atoms with van der Waals surface area (Å²) in [5.74, 6) is 0.352. The molecular formula is C18H22N2O3. The zero-order valence-corrected chi connectivity index (χ0v) is 14.1. The summed E-state index contributed by atoms with van der Waals surface area (Å²) in [5.41, 5.74) is 2.51. The average molecular weight is 314 g/mol. The van der Waals surface area contributed by atoms with E-state index in [1.807, 2.05) is 44.2 Å². The molecule has 0 amide bonds. The Labute approximate surface area is 136 Å². The standard InChI is InChI=1S/C18H22N2O3/c1-11(2)15-10-14(12-7-6-8-13(9-12)23-5)16(18(21)22)17(19-15)20(3)4/h6-11H,1-5H3,(H,21,22). The number of aromatic nitrogens is 1. The zero-order chi connectivity index (χ0) is 17.1. The summed E-state index contributed by atoms with van der Waals surface area (Å²) < 4.78 is 5.26. The van der Waals surface area contributed by atoms with Gasteiger partial charge in [0.05, 0.1) is 7.11 Å². The van der Waals surface area contributed by atoms with E-state index in [1.54, 1.807) is 26.1 Å². The van der Waals surface area contributed by atoms with Crippen LogP contribution in [0.1, 0.15) is 35.8 Å². The maximum Gasteiger partial charge on any atom is 0.340 e. The molecule has 1 aromatic heterocycles. The third-order valence-corrected chi connectivity index (χ3v) is 3.63. The van der Waals surface area contributed by atoms with Crippen LogP contribution in [0.3, 0.4) is 0 Å². The van der Waals surface area contributed by atoms with Crippen LogP contribution in [0.2, 0.25) is 0 Å². The second-order valence-corrected chi connectivity index (χ2v) is 5.88. The van der Waals surface area contributed by atoms with E-state index in [4.69, 9.17) is 4.74 Å². The smallest absolute Gasteiger partial charge is 0.340 e. The number of carboxylic acids is 1. The summed E-state index contributed by atoms with van der Waals surface area (Å²) in [7, 11) is 5.19. The first-order valence-corrected chi connectivity index (χ1v) is 7.45. The minimum atomic E-state index is -0.991. The highest BCUT2D eigenvalue weighted by Crippen LogP contribution is 2.33. The van der Waals surface area contributed by atoms with Gasteiger partial charge in [-0.25, -0.2) is 9.78 Å². The molecule has 0 bridgehead atoms. The first-order valence-electron chi connectivity index (χ1n) is 7.45. The predicted molar refractivity (Wildman–Crippen MR) is 91.6 cm³/mol. The highest BCUT2D eigenvalue weighted by Gasteiger charge is 2.22. The summed E-state index contributed by atoms with van der Waals surface area (Å²) in [4.78, 5) is 18.1. The molecule has 122 valence electrons. The second kappa shape index (κ2) is 6.69. The number of anilines is 1. The molecule has 5 nitrogen and oxygen atoms in total. The number of hydrogen-bond acceptors (Lipinski definition) is 4. The van der Waals surface area contributed by atoms with E-state index in [9.17, 15) is 9.90 Å². The van der Waals surface area contributed by atoms with Gasteiger partial charge in [-0.05, 0) is 29.7 Å². The molecule has 0 fully saturated rings. The molecule has 2 rings (SSSR count). The van der Waals surface area contributed by atoms with Crippen LogP contribution in [0.15, 0.2) is 30.3 Å². The highest BCUT2D eigenvalue weighted by atomic mass is 16.5. The van der Waals surface area contributed by atoms with E-state index in [1.165, 1.54) is 0 Å². The summed E-state index contributed by atoms with van der Waals surface area (Å²) in [5, 5.41) is 9.71. The molecule has 0 unspecified atom stereocenters. The SMILES string of the molecule is COc1cccc(-c2cc(C(C)C)nc(N(C)C)c2C(=O)O)c1. The lowest BCUT2D eigenvalue weighted by Crippen LogP contribution is -2.18. The predicted octanol–water partition coefficient (Wildman–Crippen LogP) is 3.64. The lowest BCUT2D eigenvalue weighted by atomic mass is 9.96. The lowest BCUT2D eigenvalue weighted by Gasteiger charge is -2.20. The Morgan fingerprint density at radius 1 is 1.26 bits per heavy atom. The monoisotopic (exact) mass is 314 g/mol. The Balaban J connectivity index is 2.80. The molecule has 23 heavy (non-hydrogen) atoms. The lowest BCUT2D eigenvalue weighted by molar-refractivity contribution is 0.0698. The van der Waals surface area contributed by atoms with Crippen molar-refractivity contribution in [2.75, 3.05) is 26.1 Å². The fraction of sp³-hybridized carbons (Fsp3) is 0.333. The van der Waals surface area contributed by atoms with Crippen molar-refractivity contribution in [1.29, 1.82) is 0 Å². The molecule has 1 aromatic carbocycles. The molecular weight excluding hydrogens is 292 g/mol. The van der Waals surface area contributed by atoms with Crippen molar-refractivity contribution in [1.82, 2.24) is 4.98 Å². The third kappa shape index (κ3) is 3.44. The summed E-state index contributed by atoms with van der Waals surface area (Å²) in [6, 6.07) is 9.26. The Kier molecular flexibility index (Phi) is 4.89. The van der Waals surface area contributed by atoms with Crippen molar-refractivity contribution in [3.8, 4) is 16.9 Å². The van der Waals surface area contributed by atoms with Gasteiger partial charge in [0, 0.05) is 25.4 Å². The van der Waals surface area contributed by atoms with Crippen LogP contribution < -0.4 is 9.64 Å². The number of hydrogen-bond donors (Lipinski definition) is 1. The van der Waals surface area contributed by atoms with Gasteiger partial charge in [-0.3, -0.25) is 0 Å². The van der Waals surface area contributed by atoms with Crippen LogP contribution in [-0.4, -0.2) is 37.3 Å². The largest absolute Gasteiger partial charge is 0.497 e. The van der Waals surface area contributed by atoms with E-state index >= 15 is 0 Å². The molecule has 1 heterocycles. The minimum absolute atomic E-state index is 0.195. The van der Waals surface area contributed by atoms with Gasteiger partial charge in [-0.15, -0.1) is 0 Å². The molecule has 1 N–H and O–H groups in total. The number of aromatic carboxylic acids is 1. The van der Waals surface area contributed by atoms with Crippen molar-refractivity contribution < 1.29 is 14.6 Å². The van der Waals surface area contributed by atoms with E-state index in [0.29, 0.717) is 17.1 Å². The summed E-state index contributed by atoms with van der Waals surface area (Å²) in [6.07, 6.45) is 0. The van der Waals surface area contributed by atoms with E-state index in [2.05, 4.69) is 4.98 Å². The molecule has 0 saturated heterocycles. The first kappa shape index (κ1) is 16.8. The number of rotatable bonds is 5. The normalized spacial score (nSPS) is 10.7. The minimum Gasteiger partial charge on any atom is -0.497 e. The van der Waals surface area contributed by atoms with E-state index in [-0.39, 0.29) is 11.5 Å². The van der Waals surface area contributed by atoms with Gasteiger partial charge in [0.1, 0.15) is 17.1 Å². The second-order valence-electron chi connectivity index (χ2n) is 5.88. The Morgan fingerprint density at radius 3 is 2.48 bits per heavy atom. The zero-order valence-electron chi connectivity index (χ0n) is 14.1. The summed E-state index contributed by atoms with van der Waals surface area (Å²) in [6.45, 7) is 4.08. The number of nitrogens with zero attached hydrogens (tertiary/aromatic N) is 2. The fourth-order valence-electron chi connectivity index (χ4n) is 2.40. The van der Waals surface area contributed by atoms with Crippen LogP contribution in [-0.2, 0) is 0 Å². The molecule has 0 aliphatic carbocycles. The van der Waals surface area contributed by atoms with Gasteiger partial charge >= 0.3 is 5.97 Å². The number of benzene rings is 1. The average Bonchev–Trinajstić information content (AvgIpc) is 2.53.